The molecule has 30 heavy (non-hydrogen) atoms. The molecule has 0 spiro atoms. The molecule has 0 bridgehead atoms. The molecule has 0 aliphatic carbocycles. The number of H-pyrrole nitrogens is 1. The van der Waals surface area contributed by atoms with E-state index < -0.39 is 0 Å². The molecular formula is C24H29FN4O. The number of hydrogen-bond donors (Lipinski definition) is 2. The minimum Gasteiger partial charge on any atom is -0.366 e. The third-order valence-corrected chi connectivity index (χ3v) is 6.02. The maximum absolute atomic E-state index is 14.1. The highest BCUT2D eigenvalue weighted by atomic mass is 19.1. The van der Waals surface area contributed by atoms with Gasteiger partial charge in [0, 0.05) is 48.5 Å². The van der Waals surface area contributed by atoms with Crippen LogP contribution in [0.1, 0.15) is 36.8 Å². The molecule has 1 amide bonds. The maximum atomic E-state index is 14.1. The van der Waals surface area contributed by atoms with Gasteiger partial charge in [0.2, 0.25) is 0 Å². The zero-order valence-corrected chi connectivity index (χ0v) is 18.0. The minimum atomic E-state index is -0.331. The van der Waals surface area contributed by atoms with Crippen molar-refractivity contribution in [3.8, 4) is 0 Å². The second-order valence-corrected chi connectivity index (χ2v) is 8.47. The van der Waals surface area contributed by atoms with Gasteiger partial charge in [-0.15, -0.1) is 0 Å². The predicted octanol–water partition coefficient (Wildman–Crippen LogP) is 4.79. The molecule has 2 aromatic carbocycles. The van der Waals surface area contributed by atoms with Crippen LogP contribution in [0.5, 0.6) is 0 Å². The van der Waals surface area contributed by atoms with E-state index in [1.807, 2.05) is 25.1 Å². The van der Waals surface area contributed by atoms with Gasteiger partial charge in [0.15, 0.2) is 0 Å². The van der Waals surface area contributed by atoms with E-state index in [0.717, 1.165) is 36.6 Å². The summed E-state index contributed by atoms with van der Waals surface area (Å²) >= 11 is 0. The highest BCUT2D eigenvalue weighted by Gasteiger charge is 2.25. The van der Waals surface area contributed by atoms with Gasteiger partial charge >= 0.3 is 0 Å². The minimum absolute atomic E-state index is 0.278. The van der Waals surface area contributed by atoms with Crippen molar-refractivity contribution in [1.82, 2.24) is 9.88 Å². The zero-order valence-electron chi connectivity index (χ0n) is 18.0. The Labute approximate surface area is 176 Å². The number of hydrogen-bond acceptors (Lipinski definition) is 3. The Hall–Kier alpha value is -2.86. The number of rotatable bonds is 4. The van der Waals surface area contributed by atoms with Gasteiger partial charge in [-0.1, -0.05) is 12.1 Å². The third kappa shape index (κ3) is 3.92. The topological polar surface area (TPSA) is 51.4 Å². The molecule has 1 aliphatic rings. The number of benzene rings is 2. The smallest absolute Gasteiger partial charge is 0.272 e. The first-order valence-electron chi connectivity index (χ1n) is 10.5. The third-order valence-electron chi connectivity index (χ3n) is 6.02. The number of carbonyl (C=O) groups excluding carboxylic acids is 1. The van der Waals surface area contributed by atoms with Crippen LogP contribution in [0.15, 0.2) is 42.5 Å². The van der Waals surface area contributed by atoms with E-state index in [2.05, 4.69) is 46.9 Å². The van der Waals surface area contributed by atoms with Crippen molar-refractivity contribution in [2.24, 2.45) is 0 Å². The van der Waals surface area contributed by atoms with Crippen molar-refractivity contribution in [2.75, 3.05) is 29.9 Å². The van der Waals surface area contributed by atoms with Crippen molar-refractivity contribution in [3.63, 3.8) is 0 Å². The number of piperazine rings is 1. The number of amides is 1. The molecule has 4 rings (SSSR count). The Balaban J connectivity index is 1.52. The molecule has 2 heterocycles. The van der Waals surface area contributed by atoms with Crippen molar-refractivity contribution in [1.29, 1.82) is 0 Å². The monoisotopic (exact) mass is 408 g/mol. The number of nitrogens with one attached hydrogen (secondary N) is 2. The van der Waals surface area contributed by atoms with Crippen molar-refractivity contribution >= 4 is 28.2 Å². The number of carbonyl (C=O) groups is 1. The summed E-state index contributed by atoms with van der Waals surface area (Å²) in [7, 11) is 0. The van der Waals surface area contributed by atoms with E-state index in [1.165, 1.54) is 6.07 Å². The van der Waals surface area contributed by atoms with Crippen LogP contribution in [0.4, 0.5) is 15.8 Å². The number of anilines is 2. The van der Waals surface area contributed by atoms with E-state index in [9.17, 15) is 9.18 Å². The second-order valence-electron chi connectivity index (χ2n) is 8.47. The van der Waals surface area contributed by atoms with Crippen LogP contribution in [-0.2, 0) is 0 Å². The Kier molecular flexibility index (Phi) is 5.52. The standard InChI is InChI=1S/C24H29FN4O/c1-15(2)28-10-11-29(17(4)14-28)19-7-5-6-18(12-19)26-24(30)22-13-20-21(25)9-8-16(3)23(20)27-22/h5-9,12-13,15,17,27H,10-11,14H2,1-4H3,(H,26,30). The van der Waals surface area contributed by atoms with Gasteiger partial charge in [-0.2, -0.15) is 0 Å². The Morgan fingerprint density at radius 3 is 2.70 bits per heavy atom. The largest absolute Gasteiger partial charge is 0.366 e. The quantitative estimate of drug-likeness (QED) is 0.653. The van der Waals surface area contributed by atoms with E-state index >= 15 is 0 Å². The summed E-state index contributed by atoms with van der Waals surface area (Å²) in [6.45, 7) is 11.6. The summed E-state index contributed by atoms with van der Waals surface area (Å²) in [5.41, 5.74) is 3.74. The summed E-state index contributed by atoms with van der Waals surface area (Å²) in [6.07, 6.45) is 0. The molecule has 6 heteroatoms. The average Bonchev–Trinajstić information content (AvgIpc) is 3.18. The number of aryl methyl sites for hydroxylation is 1. The number of halogens is 1. The van der Waals surface area contributed by atoms with E-state index in [-0.39, 0.29) is 11.7 Å². The lowest BCUT2D eigenvalue weighted by molar-refractivity contribution is 0.102. The first kappa shape index (κ1) is 20.4. The molecule has 1 unspecified atom stereocenters. The predicted molar refractivity (Wildman–Crippen MR) is 121 cm³/mol. The molecule has 0 radical (unpaired) electrons. The van der Waals surface area contributed by atoms with Crippen LogP contribution in [-0.4, -0.2) is 47.5 Å². The fourth-order valence-corrected chi connectivity index (χ4v) is 4.25. The van der Waals surface area contributed by atoms with Crippen LogP contribution in [0.3, 0.4) is 0 Å². The van der Waals surface area contributed by atoms with Gasteiger partial charge in [-0.25, -0.2) is 4.39 Å². The fourth-order valence-electron chi connectivity index (χ4n) is 4.25. The molecule has 3 aromatic rings. The first-order valence-corrected chi connectivity index (χ1v) is 10.5. The second kappa shape index (κ2) is 8.11. The molecule has 1 aliphatic heterocycles. The van der Waals surface area contributed by atoms with E-state index in [1.54, 1.807) is 12.1 Å². The molecule has 1 aromatic heterocycles. The van der Waals surface area contributed by atoms with Gasteiger partial charge in [-0.3, -0.25) is 9.69 Å². The zero-order chi connectivity index (χ0) is 21.4. The van der Waals surface area contributed by atoms with Gasteiger partial charge in [0.1, 0.15) is 11.5 Å². The van der Waals surface area contributed by atoms with Crippen LogP contribution in [0.2, 0.25) is 0 Å². The normalized spacial score (nSPS) is 17.7. The van der Waals surface area contributed by atoms with Crippen LogP contribution < -0.4 is 10.2 Å². The Morgan fingerprint density at radius 1 is 1.20 bits per heavy atom. The Bertz CT molecular complexity index is 1040. The van der Waals surface area contributed by atoms with Gasteiger partial charge < -0.3 is 15.2 Å². The lowest BCUT2D eigenvalue weighted by atomic mass is 10.1. The lowest BCUT2D eigenvalue weighted by Crippen LogP contribution is -2.53. The summed E-state index contributed by atoms with van der Waals surface area (Å²) in [5.74, 6) is -0.609. The highest BCUT2D eigenvalue weighted by molar-refractivity contribution is 6.06. The molecular weight excluding hydrogens is 379 g/mol. The molecule has 1 fully saturated rings. The van der Waals surface area contributed by atoms with Crippen LogP contribution in [0, 0.1) is 12.7 Å². The van der Waals surface area contributed by atoms with Crippen molar-refractivity contribution < 1.29 is 9.18 Å². The molecule has 2 N–H and O–H groups in total. The van der Waals surface area contributed by atoms with Crippen LogP contribution in [0.25, 0.3) is 10.9 Å². The summed E-state index contributed by atoms with van der Waals surface area (Å²) < 4.78 is 14.1. The van der Waals surface area contributed by atoms with Gasteiger partial charge in [0.25, 0.3) is 5.91 Å². The molecule has 5 nitrogen and oxygen atoms in total. The van der Waals surface area contributed by atoms with Crippen LogP contribution >= 0.6 is 0 Å². The summed E-state index contributed by atoms with van der Waals surface area (Å²) in [6, 6.07) is 13.6. The maximum Gasteiger partial charge on any atom is 0.272 e. The average molecular weight is 409 g/mol. The summed E-state index contributed by atoms with van der Waals surface area (Å²) in [4.78, 5) is 20.7. The van der Waals surface area contributed by atoms with Crippen molar-refractivity contribution in [3.05, 3.63) is 59.5 Å². The fraction of sp³-hybridized carbons (Fsp3) is 0.375. The van der Waals surface area contributed by atoms with Gasteiger partial charge in [0.05, 0.1) is 5.52 Å². The van der Waals surface area contributed by atoms with Crippen molar-refractivity contribution in [2.45, 2.75) is 39.8 Å². The molecule has 0 saturated carbocycles. The number of aromatic amines is 1. The van der Waals surface area contributed by atoms with E-state index in [4.69, 9.17) is 0 Å². The lowest BCUT2D eigenvalue weighted by Gasteiger charge is -2.43. The molecule has 1 saturated heterocycles. The van der Waals surface area contributed by atoms with E-state index in [0.29, 0.717) is 28.7 Å². The molecule has 158 valence electrons. The summed E-state index contributed by atoms with van der Waals surface area (Å²) in [5, 5.41) is 3.39. The SMILES string of the molecule is Cc1ccc(F)c2cc(C(=O)Nc3cccc(N4CCN(C(C)C)CC4C)c3)[nH]c12. The first-order chi connectivity index (χ1) is 14.3. The number of aromatic nitrogens is 1. The number of fused-ring (bicyclic) bond motifs is 1. The molecule has 1 atom stereocenters. The number of nitrogens with zero attached hydrogens (tertiary/aromatic N) is 2. The highest BCUT2D eigenvalue weighted by Crippen LogP contribution is 2.26. The van der Waals surface area contributed by atoms with Gasteiger partial charge in [-0.05, 0) is 63.6 Å². The Morgan fingerprint density at radius 2 is 2.00 bits per heavy atom.